The lowest BCUT2D eigenvalue weighted by atomic mass is 10.0. The maximum Gasteiger partial charge on any atom is 0.338 e. The molecule has 0 bridgehead atoms. The third-order valence-corrected chi connectivity index (χ3v) is 4.09. The molecule has 0 spiro atoms. The summed E-state index contributed by atoms with van der Waals surface area (Å²) in [6.07, 6.45) is -0.235. The Hall–Kier alpha value is -2.42. The summed E-state index contributed by atoms with van der Waals surface area (Å²) in [6, 6.07) is 5.03. The zero-order valence-electron chi connectivity index (χ0n) is 15.0. The number of hydrogen-bond donors (Lipinski definition) is 1. The molecule has 2 aliphatic heterocycles. The van der Waals surface area contributed by atoms with Gasteiger partial charge in [-0.1, -0.05) is 18.7 Å². The monoisotopic (exact) mass is 377 g/mol. The standard InChI is InChI=1S/C19H23NO7/c1-12(25-10-15-11-26-15)13-2-3-14(7-18(21)24-5-4-20)17(6-13)19(22)27-16-8-23-9-16/h2-3,6,15-16H,1,4-5,7-11,20H2. The summed E-state index contributed by atoms with van der Waals surface area (Å²) in [5.41, 5.74) is 6.75. The first-order chi connectivity index (χ1) is 13.1. The molecule has 2 fully saturated rings. The van der Waals surface area contributed by atoms with E-state index in [9.17, 15) is 9.59 Å². The smallest absolute Gasteiger partial charge is 0.338 e. The summed E-state index contributed by atoms with van der Waals surface area (Å²) in [7, 11) is 0. The number of epoxide rings is 1. The molecule has 3 rings (SSSR count). The SMILES string of the molecule is C=C(OCC1CO1)c1ccc(CC(=O)OCCN)c(C(=O)OC2COC2)c1. The van der Waals surface area contributed by atoms with E-state index >= 15 is 0 Å². The van der Waals surface area contributed by atoms with E-state index in [2.05, 4.69) is 6.58 Å². The highest BCUT2D eigenvalue weighted by Crippen LogP contribution is 2.23. The lowest BCUT2D eigenvalue weighted by molar-refractivity contribution is -0.142. The van der Waals surface area contributed by atoms with E-state index in [0.29, 0.717) is 43.3 Å². The van der Waals surface area contributed by atoms with Gasteiger partial charge in [0.25, 0.3) is 0 Å². The molecule has 146 valence electrons. The normalized spacial score (nSPS) is 18.3. The van der Waals surface area contributed by atoms with Crippen LogP contribution < -0.4 is 5.73 Å². The quantitative estimate of drug-likeness (QED) is 0.360. The third-order valence-electron chi connectivity index (χ3n) is 4.09. The molecule has 8 nitrogen and oxygen atoms in total. The van der Waals surface area contributed by atoms with Crippen LogP contribution in [0.4, 0.5) is 0 Å². The molecule has 0 aromatic heterocycles. The van der Waals surface area contributed by atoms with Crippen molar-refractivity contribution in [2.24, 2.45) is 5.73 Å². The van der Waals surface area contributed by atoms with Crippen molar-refractivity contribution in [1.82, 2.24) is 0 Å². The fourth-order valence-electron chi connectivity index (χ4n) is 2.41. The number of hydrogen-bond acceptors (Lipinski definition) is 8. The molecule has 0 saturated carbocycles. The summed E-state index contributed by atoms with van der Waals surface area (Å²) in [5, 5.41) is 0. The van der Waals surface area contributed by atoms with Crippen molar-refractivity contribution in [2.45, 2.75) is 18.6 Å². The van der Waals surface area contributed by atoms with Gasteiger partial charge in [0, 0.05) is 12.1 Å². The van der Waals surface area contributed by atoms with Gasteiger partial charge >= 0.3 is 11.9 Å². The fourth-order valence-corrected chi connectivity index (χ4v) is 2.41. The molecule has 27 heavy (non-hydrogen) atoms. The topological polar surface area (TPSA) is 110 Å². The van der Waals surface area contributed by atoms with Crippen LogP contribution >= 0.6 is 0 Å². The molecule has 2 N–H and O–H groups in total. The summed E-state index contributed by atoms with van der Waals surface area (Å²) in [4.78, 5) is 24.5. The fraction of sp³-hybridized carbons (Fsp3) is 0.474. The Kier molecular flexibility index (Phi) is 6.44. The van der Waals surface area contributed by atoms with E-state index in [-0.39, 0.29) is 37.3 Å². The number of ether oxygens (including phenoxy) is 5. The number of nitrogens with two attached hydrogens (primary N) is 1. The highest BCUT2D eigenvalue weighted by atomic mass is 16.6. The van der Waals surface area contributed by atoms with Crippen molar-refractivity contribution < 1.29 is 33.3 Å². The van der Waals surface area contributed by atoms with Crippen LogP contribution in [0.25, 0.3) is 5.76 Å². The lowest BCUT2D eigenvalue weighted by Gasteiger charge is -2.26. The number of carbonyl (C=O) groups excluding carboxylic acids is 2. The van der Waals surface area contributed by atoms with Crippen LogP contribution in [0.1, 0.15) is 21.5 Å². The summed E-state index contributed by atoms with van der Waals surface area (Å²) < 4.78 is 26.1. The minimum Gasteiger partial charge on any atom is -0.491 e. The molecule has 2 aliphatic rings. The average Bonchev–Trinajstić information content (AvgIpc) is 3.45. The molecule has 2 saturated heterocycles. The molecule has 0 aliphatic carbocycles. The van der Waals surface area contributed by atoms with Crippen LogP contribution in [0.2, 0.25) is 0 Å². The zero-order chi connectivity index (χ0) is 19.2. The predicted octanol–water partition coefficient (Wildman–Crippen LogP) is 0.673. The van der Waals surface area contributed by atoms with E-state index in [4.69, 9.17) is 29.4 Å². The summed E-state index contributed by atoms with van der Waals surface area (Å²) in [6.45, 7) is 6.09. The van der Waals surface area contributed by atoms with Gasteiger partial charge in [-0.05, 0) is 11.6 Å². The maximum absolute atomic E-state index is 12.6. The van der Waals surface area contributed by atoms with Crippen molar-refractivity contribution in [3.8, 4) is 0 Å². The van der Waals surface area contributed by atoms with Crippen LogP contribution in [0.3, 0.4) is 0 Å². The van der Waals surface area contributed by atoms with Crippen LogP contribution in [-0.4, -0.2) is 63.7 Å². The van der Waals surface area contributed by atoms with Gasteiger partial charge in [-0.25, -0.2) is 4.79 Å². The van der Waals surface area contributed by atoms with Crippen molar-refractivity contribution in [3.63, 3.8) is 0 Å². The van der Waals surface area contributed by atoms with Crippen LogP contribution in [-0.2, 0) is 34.9 Å². The Labute approximate surface area is 157 Å². The Morgan fingerprint density at radius 1 is 1.22 bits per heavy atom. The van der Waals surface area contributed by atoms with Gasteiger partial charge in [0.1, 0.15) is 31.2 Å². The Morgan fingerprint density at radius 3 is 2.63 bits per heavy atom. The minimum absolute atomic E-state index is 0.0604. The Morgan fingerprint density at radius 2 is 2.00 bits per heavy atom. The number of benzene rings is 1. The Bertz CT molecular complexity index is 710. The Balaban J connectivity index is 1.74. The van der Waals surface area contributed by atoms with Gasteiger partial charge in [-0.15, -0.1) is 0 Å². The van der Waals surface area contributed by atoms with E-state index in [1.165, 1.54) is 0 Å². The van der Waals surface area contributed by atoms with Gasteiger partial charge in [-0.3, -0.25) is 4.79 Å². The number of carbonyl (C=O) groups is 2. The van der Waals surface area contributed by atoms with Crippen LogP contribution in [0, 0.1) is 0 Å². The number of esters is 2. The molecule has 1 aromatic carbocycles. The van der Waals surface area contributed by atoms with Crippen LogP contribution in [0.5, 0.6) is 0 Å². The molecule has 0 radical (unpaired) electrons. The van der Waals surface area contributed by atoms with Crippen LogP contribution in [0.15, 0.2) is 24.8 Å². The maximum atomic E-state index is 12.6. The van der Waals surface area contributed by atoms with Gasteiger partial charge in [0.05, 0.1) is 31.8 Å². The van der Waals surface area contributed by atoms with Crippen molar-refractivity contribution in [1.29, 1.82) is 0 Å². The summed E-state index contributed by atoms with van der Waals surface area (Å²) in [5.74, 6) is -0.566. The molecule has 2 heterocycles. The van der Waals surface area contributed by atoms with E-state index in [0.717, 1.165) is 0 Å². The molecule has 1 aromatic rings. The van der Waals surface area contributed by atoms with Gasteiger partial charge in [0.2, 0.25) is 0 Å². The molecular weight excluding hydrogens is 354 g/mol. The number of rotatable bonds is 10. The zero-order valence-corrected chi connectivity index (χ0v) is 15.0. The van der Waals surface area contributed by atoms with Gasteiger partial charge < -0.3 is 29.4 Å². The first-order valence-electron chi connectivity index (χ1n) is 8.78. The molecule has 1 atom stereocenters. The summed E-state index contributed by atoms with van der Waals surface area (Å²) >= 11 is 0. The molecule has 8 heteroatoms. The van der Waals surface area contributed by atoms with E-state index in [1.54, 1.807) is 18.2 Å². The van der Waals surface area contributed by atoms with E-state index < -0.39 is 11.9 Å². The second kappa shape index (κ2) is 8.98. The predicted molar refractivity (Wildman–Crippen MR) is 94.9 cm³/mol. The second-order valence-corrected chi connectivity index (χ2v) is 6.31. The largest absolute Gasteiger partial charge is 0.491 e. The second-order valence-electron chi connectivity index (χ2n) is 6.31. The van der Waals surface area contributed by atoms with Crippen molar-refractivity contribution in [2.75, 3.05) is 39.6 Å². The molecular formula is C19H23NO7. The van der Waals surface area contributed by atoms with E-state index in [1.807, 2.05) is 0 Å². The molecule has 1 unspecified atom stereocenters. The van der Waals surface area contributed by atoms with Gasteiger partial charge in [0.15, 0.2) is 0 Å². The van der Waals surface area contributed by atoms with Crippen molar-refractivity contribution in [3.05, 3.63) is 41.5 Å². The third kappa shape index (κ3) is 5.53. The first kappa shape index (κ1) is 19.3. The highest BCUT2D eigenvalue weighted by molar-refractivity contribution is 5.93. The highest BCUT2D eigenvalue weighted by Gasteiger charge is 2.26. The average molecular weight is 377 g/mol. The first-order valence-corrected chi connectivity index (χ1v) is 8.78. The van der Waals surface area contributed by atoms with Crippen molar-refractivity contribution >= 4 is 17.7 Å². The lowest BCUT2D eigenvalue weighted by Crippen LogP contribution is -2.38. The van der Waals surface area contributed by atoms with Gasteiger partial charge in [-0.2, -0.15) is 0 Å². The minimum atomic E-state index is -0.523. The molecule has 0 amide bonds.